The molecule has 1 heterocycles. The van der Waals surface area contributed by atoms with Gasteiger partial charge in [0.05, 0.1) is 5.56 Å². The average Bonchev–Trinajstić information content (AvgIpc) is 2.88. The lowest BCUT2D eigenvalue weighted by Gasteiger charge is -2.05. The Morgan fingerprint density at radius 2 is 2.10 bits per heavy atom. The van der Waals surface area contributed by atoms with Crippen LogP contribution in [0.3, 0.4) is 0 Å². The van der Waals surface area contributed by atoms with E-state index in [1.165, 1.54) is 5.38 Å². The minimum atomic E-state index is -3.62. The molecule has 0 aliphatic rings. The lowest BCUT2D eigenvalue weighted by molar-refractivity contribution is 0.0697. The summed E-state index contributed by atoms with van der Waals surface area (Å²) in [7, 11) is -3.62. The summed E-state index contributed by atoms with van der Waals surface area (Å²) in [6.07, 6.45) is 2.65. The van der Waals surface area contributed by atoms with Crippen molar-refractivity contribution in [3.05, 3.63) is 17.0 Å². The fourth-order valence-electron chi connectivity index (χ4n) is 1.37. The summed E-state index contributed by atoms with van der Waals surface area (Å²) >= 11 is 0.897. The molecule has 20 heavy (non-hydrogen) atoms. The maximum Gasteiger partial charge on any atom is 0.336 e. The lowest BCUT2D eigenvalue weighted by atomic mass is 10.4. The van der Waals surface area contributed by atoms with Gasteiger partial charge in [0.25, 0.3) is 0 Å². The standard InChI is InChI=1S/C12H19NO5S2/c1-2-3-6-18-7-4-5-13-20(16,17)11-8-10(9-19-11)12(14)15/h8-9,13H,2-7H2,1H3,(H,14,15). The number of sulfonamides is 1. The molecular weight excluding hydrogens is 302 g/mol. The van der Waals surface area contributed by atoms with Crippen LogP contribution >= 0.6 is 11.3 Å². The molecule has 114 valence electrons. The summed E-state index contributed by atoms with van der Waals surface area (Å²) in [4.78, 5) is 10.7. The van der Waals surface area contributed by atoms with Crippen molar-refractivity contribution in [1.29, 1.82) is 0 Å². The van der Waals surface area contributed by atoms with Crippen LogP contribution in [0, 0.1) is 0 Å². The third-order valence-corrected chi connectivity index (χ3v) is 5.39. The number of unbranched alkanes of at least 4 members (excludes halogenated alkanes) is 1. The molecule has 0 aromatic carbocycles. The molecule has 0 amide bonds. The van der Waals surface area contributed by atoms with E-state index >= 15 is 0 Å². The van der Waals surface area contributed by atoms with Crippen LogP contribution in [-0.4, -0.2) is 39.3 Å². The van der Waals surface area contributed by atoms with Crippen molar-refractivity contribution in [2.75, 3.05) is 19.8 Å². The number of carboxylic acids is 1. The normalized spacial score (nSPS) is 11.7. The third-order valence-electron chi connectivity index (χ3n) is 2.49. The largest absolute Gasteiger partial charge is 0.478 e. The molecule has 1 rings (SSSR count). The zero-order valence-corrected chi connectivity index (χ0v) is 12.9. The van der Waals surface area contributed by atoms with E-state index in [2.05, 4.69) is 11.6 Å². The minimum absolute atomic E-state index is 0.0155. The Morgan fingerprint density at radius 3 is 2.70 bits per heavy atom. The van der Waals surface area contributed by atoms with Crippen molar-refractivity contribution in [3.63, 3.8) is 0 Å². The molecule has 0 unspecified atom stereocenters. The fraction of sp³-hybridized carbons (Fsp3) is 0.583. The Labute approximate surface area is 122 Å². The van der Waals surface area contributed by atoms with Gasteiger partial charge in [-0.05, 0) is 18.9 Å². The molecule has 1 aromatic heterocycles. The van der Waals surface area contributed by atoms with E-state index in [1.54, 1.807) is 0 Å². The Balaban J connectivity index is 2.36. The molecule has 0 bridgehead atoms. The first-order chi connectivity index (χ1) is 9.47. The molecular formula is C12H19NO5S2. The van der Waals surface area contributed by atoms with Crippen LogP contribution in [0.2, 0.25) is 0 Å². The molecule has 0 spiro atoms. The highest BCUT2D eigenvalue weighted by atomic mass is 32.2. The van der Waals surface area contributed by atoms with E-state index in [1.807, 2.05) is 0 Å². The molecule has 0 atom stereocenters. The molecule has 0 aliphatic carbocycles. The first kappa shape index (κ1) is 17.1. The maximum atomic E-state index is 11.9. The van der Waals surface area contributed by atoms with Gasteiger partial charge in [-0.15, -0.1) is 11.3 Å². The quantitative estimate of drug-likeness (QED) is 0.642. The van der Waals surface area contributed by atoms with Gasteiger partial charge in [0.1, 0.15) is 4.21 Å². The van der Waals surface area contributed by atoms with Gasteiger partial charge in [0.2, 0.25) is 10.0 Å². The smallest absolute Gasteiger partial charge is 0.336 e. The summed E-state index contributed by atoms with van der Waals surface area (Å²) in [6, 6.07) is 1.16. The highest BCUT2D eigenvalue weighted by Crippen LogP contribution is 2.19. The second-order valence-electron chi connectivity index (χ2n) is 4.18. The molecule has 0 radical (unpaired) electrons. The van der Waals surface area contributed by atoms with Crippen LogP contribution in [0.5, 0.6) is 0 Å². The summed E-state index contributed by atoms with van der Waals surface area (Å²) in [5.41, 5.74) is -0.0155. The van der Waals surface area contributed by atoms with E-state index in [9.17, 15) is 13.2 Å². The second kappa shape index (κ2) is 8.35. The van der Waals surface area contributed by atoms with Gasteiger partial charge in [0.15, 0.2) is 0 Å². The number of aromatic carboxylic acids is 1. The zero-order chi connectivity index (χ0) is 15.0. The van der Waals surface area contributed by atoms with Crippen LogP contribution in [-0.2, 0) is 14.8 Å². The lowest BCUT2D eigenvalue weighted by Crippen LogP contribution is -2.25. The SMILES string of the molecule is CCCCOCCCNS(=O)(=O)c1cc(C(=O)O)cs1. The van der Waals surface area contributed by atoms with E-state index < -0.39 is 16.0 Å². The minimum Gasteiger partial charge on any atom is -0.478 e. The van der Waals surface area contributed by atoms with Crippen molar-refractivity contribution in [2.45, 2.75) is 30.4 Å². The summed E-state index contributed by atoms with van der Waals surface area (Å²) in [5, 5.41) is 10.1. The van der Waals surface area contributed by atoms with Crippen molar-refractivity contribution in [3.8, 4) is 0 Å². The number of ether oxygens (including phenoxy) is 1. The molecule has 8 heteroatoms. The van der Waals surface area contributed by atoms with E-state index in [0.29, 0.717) is 19.6 Å². The molecule has 6 nitrogen and oxygen atoms in total. The molecule has 1 aromatic rings. The van der Waals surface area contributed by atoms with Crippen LogP contribution in [0.4, 0.5) is 0 Å². The van der Waals surface area contributed by atoms with Gasteiger partial charge in [-0.3, -0.25) is 0 Å². The zero-order valence-electron chi connectivity index (χ0n) is 11.3. The summed E-state index contributed by atoms with van der Waals surface area (Å²) in [6.45, 7) is 3.54. The Hall–Kier alpha value is -0.960. The predicted octanol–water partition coefficient (Wildman–Crippen LogP) is 1.93. The number of rotatable bonds is 10. The highest BCUT2D eigenvalue weighted by molar-refractivity contribution is 7.91. The Morgan fingerprint density at radius 1 is 1.40 bits per heavy atom. The van der Waals surface area contributed by atoms with Crippen molar-refractivity contribution >= 4 is 27.3 Å². The molecule has 0 aliphatic heterocycles. The number of nitrogens with one attached hydrogen (secondary N) is 1. The van der Waals surface area contributed by atoms with E-state index in [0.717, 1.165) is 30.2 Å². The summed E-state index contributed by atoms with van der Waals surface area (Å²) in [5.74, 6) is -1.13. The maximum absolute atomic E-state index is 11.9. The third kappa shape index (κ3) is 5.58. The van der Waals surface area contributed by atoms with Gasteiger partial charge in [-0.2, -0.15) is 0 Å². The van der Waals surface area contributed by atoms with E-state index in [-0.39, 0.29) is 16.3 Å². The monoisotopic (exact) mass is 321 g/mol. The van der Waals surface area contributed by atoms with Gasteiger partial charge in [-0.1, -0.05) is 13.3 Å². The molecule has 0 saturated carbocycles. The predicted molar refractivity (Wildman–Crippen MR) is 76.8 cm³/mol. The number of thiophene rings is 1. The molecule has 0 saturated heterocycles. The van der Waals surface area contributed by atoms with Crippen LogP contribution in [0.25, 0.3) is 0 Å². The van der Waals surface area contributed by atoms with Gasteiger partial charge >= 0.3 is 5.97 Å². The second-order valence-corrected chi connectivity index (χ2v) is 7.08. The van der Waals surface area contributed by atoms with Crippen molar-refractivity contribution < 1.29 is 23.1 Å². The topological polar surface area (TPSA) is 92.7 Å². The first-order valence-corrected chi connectivity index (χ1v) is 8.73. The average molecular weight is 321 g/mol. The number of carboxylic acid groups (broad SMARTS) is 1. The Bertz CT molecular complexity index is 524. The molecule has 0 fully saturated rings. The van der Waals surface area contributed by atoms with E-state index in [4.69, 9.17) is 9.84 Å². The van der Waals surface area contributed by atoms with Crippen molar-refractivity contribution in [2.24, 2.45) is 0 Å². The molecule has 2 N–H and O–H groups in total. The van der Waals surface area contributed by atoms with Gasteiger partial charge < -0.3 is 9.84 Å². The number of hydrogen-bond acceptors (Lipinski definition) is 5. The first-order valence-electron chi connectivity index (χ1n) is 6.36. The van der Waals surface area contributed by atoms with Gasteiger partial charge in [0, 0.05) is 25.1 Å². The fourth-order valence-corrected chi connectivity index (χ4v) is 3.64. The van der Waals surface area contributed by atoms with Crippen LogP contribution in [0.15, 0.2) is 15.7 Å². The van der Waals surface area contributed by atoms with Crippen molar-refractivity contribution in [1.82, 2.24) is 4.72 Å². The number of carbonyl (C=O) groups is 1. The van der Waals surface area contributed by atoms with Gasteiger partial charge in [-0.25, -0.2) is 17.9 Å². The Kier molecular flexibility index (Phi) is 7.14. The number of hydrogen-bond donors (Lipinski definition) is 2. The van der Waals surface area contributed by atoms with Crippen LogP contribution < -0.4 is 4.72 Å². The van der Waals surface area contributed by atoms with Crippen LogP contribution in [0.1, 0.15) is 36.5 Å². The summed E-state index contributed by atoms with van der Waals surface area (Å²) < 4.78 is 31.5. The highest BCUT2D eigenvalue weighted by Gasteiger charge is 2.18.